The summed E-state index contributed by atoms with van der Waals surface area (Å²) in [7, 11) is 0. The van der Waals surface area contributed by atoms with Gasteiger partial charge < -0.3 is 9.47 Å². The first-order valence-electron chi connectivity index (χ1n) is 10.9. The molecule has 35 heavy (non-hydrogen) atoms. The Hall–Kier alpha value is -3.69. The van der Waals surface area contributed by atoms with E-state index in [0.29, 0.717) is 16.6 Å². The van der Waals surface area contributed by atoms with Crippen LogP contribution in [0.15, 0.2) is 71.4 Å². The van der Waals surface area contributed by atoms with Crippen molar-refractivity contribution < 1.29 is 23.9 Å². The first kappa shape index (κ1) is 25.9. The molecule has 2 heterocycles. The van der Waals surface area contributed by atoms with Crippen molar-refractivity contribution in [2.75, 3.05) is 13.2 Å². The largest absolute Gasteiger partial charge is 0.466 e. The highest BCUT2D eigenvalue weighted by molar-refractivity contribution is 7.12. The van der Waals surface area contributed by atoms with Crippen LogP contribution in [-0.2, 0) is 14.3 Å². The number of ether oxygens (including phenoxy) is 2. The van der Waals surface area contributed by atoms with Crippen LogP contribution in [0.25, 0.3) is 22.5 Å². The topological polar surface area (TPSA) is 95.5 Å². The molecule has 9 heteroatoms. The Balaban J connectivity index is 0.000000198. The maximum Gasteiger partial charge on any atom is 0.367 e. The van der Waals surface area contributed by atoms with Gasteiger partial charge in [0.15, 0.2) is 5.01 Å². The van der Waals surface area contributed by atoms with Crippen molar-refractivity contribution in [1.29, 1.82) is 0 Å². The van der Waals surface area contributed by atoms with Gasteiger partial charge in [-0.05, 0) is 13.8 Å². The molecule has 0 unspecified atom stereocenters. The van der Waals surface area contributed by atoms with E-state index in [0.717, 1.165) is 22.5 Å². The number of rotatable bonds is 8. The lowest BCUT2D eigenvalue weighted by Gasteiger charge is -1.98. The zero-order chi connectivity index (χ0) is 25.0. The third-order valence-electron chi connectivity index (χ3n) is 4.45. The van der Waals surface area contributed by atoms with E-state index < -0.39 is 5.97 Å². The van der Waals surface area contributed by atoms with Crippen LogP contribution >= 0.6 is 22.7 Å². The molecule has 0 aliphatic rings. The average Bonchev–Trinajstić information content (AvgIpc) is 3.57. The van der Waals surface area contributed by atoms with Gasteiger partial charge in [0, 0.05) is 21.9 Å². The molecule has 7 nitrogen and oxygen atoms in total. The number of aromatic nitrogens is 2. The van der Waals surface area contributed by atoms with Crippen molar-refractivity contribution in [1.82, 2.24) is 9.97 Å². The van der Waals surface area contributed by atoms with Gasteiger partial charge in [0.05, 0.1) is 24.6 Å². The van der Waals surface area contributed by atoms with E-state index in [1.807, 2.05) is 71.4 Å². The van der Waals surface area contributed by atoms with Gasteiger partial charge in [-0.3, -0.25) is 9.59 Å². The summed E-state index contributed by atoms with van der Waals surface area (Å²) in [4.78, 5) is 43.0. The number of Topliss-reactive ketones (excluding diaryl/α,β-unsaturated/α-hetero) is 1. The minimum Gasteiger partial charge on any atom is -0.466 e. The number of ketones is 1. The number of nitrogens with zero attached hydrogens (tertiary/aromatic N) is 2. The van der Waals surface area contributed by atoms with Crippen LogP contribution in [0.3, 0.4) is 0 Å². The molecule has 0 radical (unpaired) electrons. The zero-order valence-corrected chi connectivity index (χ0v) is 20.9. The van der Waals surface area contributed by atoms with Crippen molar-refractivity contribution in [2.24, 2.45) is 0 Å². The third kappa shape index (κ3) is 7.66. The van der Waals surface area contributed by atoms with Gasteiger partial charge in [0.2, 0.25) is 10.8 Å². The van der Waals surface area contributed by atoms with Crippen LogP contribution in [0.5, 0.6) is 0 Å². The standard InChI is InChI=1S/C14H13NO3S.C12H11NO2S/c1-2-18-13(17)8-12(16)14-15-11(9-19-14)10-6-4-3-5-7-10;1-2-15-12(14)11-13-10(8-16-11)9-6-4-3-5-7-9/h3-7,9H,2,8H2,1H3;3-8H,2H2,1H3. The molecule has 2 aromatic heterocycles. The fourth-order valence-corrected chi connectivity index (χ4v) is 4.35. The fraction of sp³-hybridized carbons (Fsp3) is 0.192. The van der Waals surface area contributed by atoms with Gasteiger partial charge in [-0.15, -0.1) is 22.7 Å². The first-order chi connectivity index (χ1) is 17.0. The smallest absolute Gasteiger partial charge is 0.367 e. The van der Waals surface area contributed by atoms with Gasteiger partial charge >= 0.3 is 11.9 Å². The summed E-state index contributed by atoms with van der Waals surface area (Å²) in [5.74, 6) is -1.16. The molecule has 4 aromatic rings. The number of benzene rings is 2. The third-order valence-corrected chi connectivity index (χ3v) is 6.15. The predicted molar refractivity (Wildman–Crippen MR) is 137 cm³/mol. The number of thiazole rings is 2. The number of esters is 2. The number of hydrogen-bond acceptors (Lipinski definition) is 9. The molecule has 0 saturated heterocycles. The molecule has 0 bridgehead atoms. The molecule has 0 atom stereocenters. The Labute approximate surface area is 211 Å². The maximum absolute atomic E-state index is 11.8. The highest BCUT2D eigenvalue weighted by Crippen LogP contribution is 2.23. The summed E-state index contributed by atoms with van der Waals surface area (Å²) < 4.78 is 9.63. The van der Waals surface area contributed by atoms with Gasteiger partial charge in [-0.25, -0.2) is 14.8 Å². The second kappa shape index (κ2) is 13.3. The molecule has 0 saturated carbocycles. The second-order valence-corrected chi connectivity index (χ2v) is 8.65. The summed E-state index contributed by atoms with van der Waals surface area (Å²) >= 11 is 2.55. The van der Waals surface area contributed by atoms with Crippen molar-refractivity contribution in [3.8, 4) is 22.5 Å². The van der Waals surface area contributed by atoms with Gasteiger partial charge in [-0.2, -0.15) is 0 Å². The Morgan fingerprint density at radius 1 is 0.714 bits per heavy atom. The molecule has 2 aromatic carbocycles. The van der Waals surface area contributed by atoms with Crippen LogP contribution in [0.2, 0.25) is 0 Å². The Kier molecular flexibility index (Phi) is 9.82. The average molecular weight is 509 g/mol. The molecule has 0 amide bonds. The Bertz CT molecular complexity index is 1250. The molecule has 0 aliphatic heterocycles. The quantitative estimate of drug-likeness (QED) is 0.165. The minimum atomic E-state index is -0.510. The molecule has 0 aliphatic carbocycles. The molecule has 180 valence electrons. The number of hydrogen-bond donors (Lipinski definition) is 0. The summed E-state index contributed by atoms with van der Waals surface area (Å²) in [6.07, 6.45) is -0.254. The lowest BCUT2D eigenvalue weighted by atomic mass is 10.2. The van der Waals surface area contributed by atoms with E-state index in [-0.39, 0.29) is 24.8 Å². The normalized spacial score (nSPS) is 10.1. The van der Waals surface area contributed by atoms with Crippen molar-refractivity contribution in [3.63, 3.8) is 0 Å². The maximum atomic E-state index is 11.8. The summed E-state index contributed by atoms with van der Waals surface area (Å²) in [6, 6.07) is 19.4. The van der Waals surface area contributed by atoms with Crippen LogP contribution in [0.4, 0.5) is 0 Å². The van der Waals surface area contributed by atoms with E-state index in [2.05, 4.69) is 9.97 Å². The van der Waals surface area contributed by atoms with Crippen molar-refractivity contribution >= 4 is 40.4 Å². The highest BCUT2D eigenvalue weighted by atomic mass is 32.1. The highest BCUT2D eigenvalue weighted by Gasteiger charge is 2.16. The summed E-state index contributed by atoms with van der Waals surface area (Å²) in [6.45, 7) is 4.14. The first-order valence-corrected chi connectivity index (χ1v) is 12.7. The molecular weight excluding hydrogens is 484 g/mol. The van der Waals surface area contributed by atoms with E-state index in [1.54, 1.807) is 13.8 Å². The van der Waals surface area contributed by atoms with E-state index in [1.165, 1.54) is 22.7 Å². The summed E-state index contributed by atoms with van der Waals surface area (Å²) in [5.41, 5.74) is 3.52. The predicted octanol–water partition coefficient (Wildman–Crippen LogP) is 5.93. The number of carbonyl (C=O) groups excluding carboxylic acids is 3. The molecule has 4 rings (SSSR count). The second-order valence-electron chi connectivity index (χ2n) is 6.93. The van der Waals surface area contributed by atoms with Gasteiger partial charge in [0.1, 0.15) is 6.42 Å². The van der Waals surface area contributed by atoms with Crippen LogP contribution in [0, 0.1) is 0 Å². The van der Waals surface area contributed by atoms with Crippen molar-refractivity contribution in [3.05, 3.63) is 81.4 Å². The van der Waals surface area contributed by atoms with Crippen LogP contribution in [0.1, 0.15) is 39.9 Å². The number of carbonyl (C=O) groups is 3. The minimum absolute atomic E-state index is 0.254. The lowest BCUT2D eigenvalue weighted by molar-refractivity contribution is -0.141. The SMILES string of the molecule is CCOC(=O)CC(=O)c1nc(-c2ccccc2)cs1.CCOC(=O)c1nc(-c2ccccc2)cs1. The van der Waals surface area contributed by atoms with Gasteiger partial charge in [-0.1, -0.05) is 60.7 Å². The van der Waals surface area contributed by atoms with Crippen LogP contribution < -0.4 is 0 Å². The van der Waals surface area contributed by atoms with E-state index >= 15 is 0 Å². The fourth-order valence-electron chi connectivity index (χ4n) is 2.86. The molecule has 0 N–H and O–H groups in total. The van der Waals surface area contributed by atoms with Crippen molar-refractivity contribution in [2.45, 2.75) is 20.3 Å². The molecule has 0 fully saturated rings. The Morgan fingerprint density at radius 3 is 1.71 bits per heavy atom. The zero-order valence-electron chi connectivity index (χ0n) is 19.3. The lowest BCUT2D eigenvalue weighted by Crippen LogP contribution is -2.11. The molecular formula is C26H24N2O5S2. The van der Waals surface area contributed by atoms with Gasteiger partial charge in [0.25, 0.3) is 0 Å². The van der Waals surface area contributed by atoms with E-state index in [9.17, 15) is 14.4 Å². The Morgan fingerprint density at radius 2 is 1.20 bits per heavy atom. The summed E-state index contributed by atoms with van der Waals surface area (Å²) in [5, 5.41) is 4.42. The van der Waals surface area contributed by atoms with E-state index in [4.69, 9.17) is 9.47 Å². The monoisotopic (exact) mass is 508 g/mol. The van der Waals surface area contributed by atoms with Crippen LogP contribution in [-0.4, -0.2) is 40.9 Å². The molecule has 0 spiro atoms.